The number of benzene rings is 2. The Hall–Kier alpha value is -2.80. The van der Waals surface area contributed by atoms with Crippen LogP contribution in [0.5, 0.6) is 11.5 Å². The summed E-state index contributed by atoms with van der Waals surface area (Å²) in [5.74, 6) is 2.50. The minimum Gasteiger partial charge on any atom is -0.490 e. The van der Waals surface area contributed by atoms with E-state index in [0.717, 1.165) is 11.3 Å². The minimum absolute atomic E-state index is 0.0695. The fourth-order valence-electron chi connectivity index (χ4n) is 2.83. The van der Waals surface area contributed by atoms with Gasteiger partial charge >= 0.3 is 0 Å². The fourth-order valence-corrected chi connectivity index (χ4v) is 3.75. The molecule has 0 aliphatic rings. The van der Waals surface area contributed by atoms with Crippen molar-refractivity contribution in [1.82, 2.24) is 14.8 Å². The van der Waals surface area contributed by atoms with Crippen LogP contribution in [-0.2, 0) is 13.2 Å². The van der Waals surface area contributed by atoms with Gasteiger partial charge < -0.3 is 14.0 Å². The Morgan fingerprint density at radius 2 is 1.83 bits per heavy atom. The van der Waals surface area contributed by atoms with Gasteiger partial charge in [-0.2, -0.15) is 0 Å². The van der Waals surface area contributed by atoms with Gasteiger partial charge in [-0.3, -0.25) is 4.79 Å². The maximum Gasteiger partial charge on any atom is 0.191 e. The van der Waals surface area contributed by atoms with E-state index in [2.05, 4.69) is 10.2 Å². The Bertz CT molecular complexity index is 957. The van der Waals surface area contributed by atoms with Gasteiger partial charge in [-0.05, 0) is 38.5 Å². The predicted octanol–water partition coefficient (Wildman–Crippen LogP) is 4.56. The highest BCUT2D eigenvalue weighted by Crippen LogP contribution is 2.29. The molecular weight excluding hydrogens is 386 g/mol. The van der Waals surface area contributed by atoms with Crippen LogP contribution in [0.1, 0.15) is 35.6 Å². The molecule has 1 heterocycles. The first kappa shape index (κ1) is 20.9. The van der Waals surface area contributed by atoms with Crippen molar-refractivity contribution in [2.75, 3.05) is 12.4 Å². The lowest BCUT2D eigenvalue weighted by Crippen LogP contribution is -2.09. The first-order valence-electron chi connectivity index (χ1n) is 9.61. The number of aryl methyl sites for hydroxylation is 1. The van der Waals surface area contributed by atoms with Gasteiger partial charge in [0.05, 0.1) is 12.4 Å². The molecule has 0 amide bonds. The van der Waals surface area contributed by atoms with Gasteiger partial charge in [-0.15, -0.1) is 10.2 Å². The molecule has 7 heteroatoms. The lowest BCUT2D eigenvalue weighted by atomic mass is 10.2. The predicted molar refractivity (Wildman–Crippen MR) is 114 cm³/mol. The summed E-state index contributed by atoms with van der Waals surface area (Å²) in [6.07, 6.45) is 0. The number of carbonyl (C=O) groups is 1. The van der Waals surface area contributed by atoms with Crippen LogP contribution in [0, 0.1) is 6.92 Å². The summed E-state index contributed by atoms with van der Waals surface area (Å²) < 4.78 is 13.6. The summed E-state index contributed by atoms with van der Waals surface area (Å²) in [5, 5.41) is 9.22. The number of thioether (sulfide) groups is 1. The summed E-state index contributed by atoms with van der Waals surface area (Å²) in [5.41, 5.74) is 1.81. The highest BCUT2D eigenvalue weighted by Gasteiger charge is 2.15. The number of ether oxygens (including phenoxy) is 2. The number of ketones is 1. The van der Waals surface area contributed by atoms with Crippen molar-refractivity contribution >= 4 is 17.5 Å². The number of Topliss-reactive ketones (excluding diaryl/α,β-unsaturated/α-hetero) is 1. The van der Waals surface area contributed by atoms with Crippen molar-refractivity contribution in [3.63, 3.8) is 0 Å². The molecular formula is C22H25N3O3S. The third-order valence-corrected chi connectivity index (χ3v) is 5.26. The lowest BCUT2D eigenvalue weighted by Gasteiger charge is -2.13. The third-order valence-electron chi connectivity index (χ3n) is 4.29. The smallest absolute Gasteiger partial charge is 0.191 e. The highest BCUT2D eigenvalue weighted by molar-refractivity contribution is 7.99. The molecule has 1 aromatic heterocycles. The molecule has 152 valence electrons. The van der Waals surface area contributed by atoms with Gasteiger partial charge in [0.15, 0.2) is 28.3 Å². The first-order chi connectivity index (χ1) is 14.1. The van der Waals surface area contributed by atoms with E-state index in [4.69, 9.17) is 9.47 Å². The van der Waals surface area contributed by atoms with Crippen molar-refractivity contribution in [1.29, 1.82) is 0 Å². The highest BCUT2D eigenvalue weighted by atomic mass is 32.2. The van der Waals surface area contributed by atoms with Crippen LogP contribution >= 0.6 is 11.8 Å². The Kier molecular flexibility index (Phi) is 7.30. The zero-order chi connectivity index (χ0) is 20.6. The summed E-state index contributed by atoms with van der Waals surface area (Å²) in [6.45, 7) is 7.52. The molecule has 0 atom stereocenters. The molecule has 2 aromatic carbocycles. The molecule has 29 heavy (non-hydrogen) atoms. The normalized spacial score (nSPS) is 10.7. The maximum atomic E-state index is 12.3. The van der Waals surface area contributed by atoms with Crippen LogP contribution in [0.15, 0.2) is 53.7 Å². The maximum absolute atomic E-state index is 12.3. The second-order valence-corrected chi connectivity index (χ2v) is 7.34. The van der Waals surface area contributed by atoms with Crippen LogP contribution in [0.4, 0.5) is 0 Å². The molecule has 0 bridgehead atoms. The number of nitrogens with zero attached hydrogens (tertiary/aromatic N) is 3. The first-order valence-corrected chi connectivity index (χ1v) is 10.6. The number of carbonyl (C=O) groups excluding carboxylic acids is 1. The molecule has 0 radical (unpaired) electrons. The van der Waals surface area contributed by atoms with Crippen molar-refractivity contribution < 1.29 is 14.3 Å². The van der Waals surface area contributed by atoms with Crippen molar-refractivity contribution in [2.24, 2.45) is 0 Å². The molecule has 6 nitrogen and oxygen atoms in total. The minimum atomic E-state index is 0.0695. The topological polar surface area (TPSA) is 66.2 Å². The standard InChI is InChI=1S/C22H25N3O3S/c1-4-25-21(14-28-19-12-11-16(3)13-20(19)27-5-2)23-24-22(25)29-15-18(26)17-9-7-6-8-10-17/h6-13H,4-5,14-15H2,1-3H3. The summed E-state index contributed by atoms with van der Waals surface area (Å²) in [7, 11) is 0. The SMILES string of the molecule is CCOc1cc(C)ccc1OCc1nnc(SCC(=O)c2ccccc2)n1CC. The molecule has 0 aliphatic heterocycles. The summed E-state index contributed by atoms with van der Waals surface area (Å²) in [4.78, 5) is 12.3. The fraction of sp³-hybridized carbons (Fsp3) is 0.318. The van der Waals surface area contributed by atoms with Crippen LogP contribution in [-0.4, -0.2) is 32.9 Å². The van der Waals surface area contributed by atoms with Crippen molar-refractivity contribution in [3.05, 3.63) is 65.5 Å². The Morgan fingerprint density at radius 3 is 2.55 bits per heavy atom. The third kappa shape index (κ3) is 5.38. The van der Waals surface area contributed by atoms with Crippen LogP contribution in [0.2, 0.25) is 0 Å². The molecule has 0 spiro atoms. The van der Waals surface area contributed by atoms with Crippen LogP contribution in [0.3, 0.4) is 0 Å². The van der Waals surface area contributed by atoms with Crippen molar-refractivity contribution in [3.8, 4) is 11.5 Å². The molecule has 3 aromatic rings. The quantitative estimate of drug-likeness (QED) is 0.360. The van der Waals surface area contributed by atoms with Gasteiger partial charge in [0, 0.05) is 12.1 Å². The molecule has 3 rings (SSSR count). The van der Waals surface area contributed by atoms with E-state index in [0.29, 0.717) is 41.2 Å². The molecule has 0 unspecified atom stereocenters. The van der Waals surface area contributed by atoms with Gasteiger partial charge in [-0.1, -0.05) is 48.2 Å². The van der Waals surface area contributed by atoms with Crippen LogP contribution < -0.4 is 9.47 Å². The largest absolute Gasteiger partial charge is 0.490 e. The van der Waals surface area contributed by atoms with E-state index in [9.17, 15) is 4.79 Å². The molecule has 0 fully saturated rings. The van der Waals surface area contributed by atoms with E-state index < -0.39 is 0 Å². The van der Waals surface area contributed by atoms with Gasteiger partial charge in [0.2, 0.25) is 0 Å². The average molecular weight is 412 g/mol. The van der Waals surface area contributed by atoms with Gasteiger partial charge in [0.1, 0.15) is 6.61 Å². The molecule has 0 aliphatic carbocycles. The average Bonchev–Trinajstić information content (AvgIpc) is 3.14. The number of hydrogen-bond acceptors (Lipinski definition) is 6. The number of rotatable bonds is 10. The lowest BCUT2D eigenvalue weighted by molar-refractivity contribution is 0.102. The van der Waals surface area contributed by atoms with E-state index in [1.807, 2.05) is 73.9 Å². The van der Waals surface area contributed by atoms with Gasteiger partial charge in [-0.25, -0.2) is 0 Å². The molecule has 0 saturated carbocycles. The molecule has 0 N–H and O–H groups in total. The van der Waals surface area contributed by atoms with Crippen LogP contribution in [0.25, 0.3) is 0 Å². The molecule has 0 saturated heterocycles. The number of hydrogen-bond donors (Lipinski definition) is 0. The summed E-state index contributed by atoms with van der Waals surface area (Å²) in [6, 6.07) is 15.1. The summed E-state index contributed by atoms with van der Waals surface area (Å²) >= 11 is 1.39. The monoisotopic (exact) mass is 411 g/mol. The van der Waals surface area contributed by atoms with Crippen molar-refractivity contribution in [2.45, 2.75) is 39.1 Å². The van der Waals surface area contributed by atoms with Gasteiger partial charge in [0.25, 0.3) is 0 Å². The van der Waals surface area contributed by atoms with E-state index in [-0.39, 0.29) is 12.4 Å². The Morgan fingerprint density at radius 1 is 1.03 bits per heavy atom. The number of aromatic nitrogens is 3. The Balaban J connectivity index is 1.66. The zero-order valence-corrected chi connectivity index (χ0v) is 17.7. The second-order valence-electron chi connectivity index (χ2n) is 6.39. The second kappa shape index (κ2) is 10.1. The van der Waals surface area contributed by atoms with E-state index in [1.54, 1.807) is 0 Å². The zero-order valence-electron chi connectivity index (χ0n) is 16.9. The Labute approximate surface area is 175 Å². The van der Waals surface area contributed by atoms with E-state index in [1.165, 1.54) is 11.8 Å². The van der Waals surface area contributed by atoms with E-state index >= 15 is 0 Å².